The van der Waals surface area contributed by atoms with Crippen LogP contribution in [0.1, 0.15) is 12.8 Å². The molecule has 104 valence electrons. The van der Waals surface area contributed by atoms with Crippen molar-refractivity contribution < 1.29 is 13.6 Å². The second kappa shape index (κ2) is 5.52. The average Bonchev–Trinajstić information content (AvgIpc) is 2.47. The second-order valence-electron chi connectivity index (χ2n) is 4.59. The number of hydrogen-bond acceptors (Lipinski definition) is 3. The van der Waals surface area contributed by atoms with Gasteiger partial charge in [0.05, 0.1) is 5.69 Å². The molecule has 2 N–H and O–H groups in total. The summed E-state index contributed by atoms with van der Waals surface area (Å²) in [5, 5.41) is 0. The van der Waals surface area contributed by atoms with E-state index in [0.717, 1.165) is 6.07 Å². The van der Waals surface area contributed by atoms with Crippen molar-refractivity contribution >= 4 is 17.3 Å². The monoisotopic (exact) mass is 269 g/mol. The Kier molecular flexibility index (Phi) is 3.99. The standard InChI is InChI=1S/C13H17F2N3O/c1-17-12(19)3-6-18(5-2-4-16)11-8-9(14)7-10(15)13(11)17/h7-8H,2-6,16H2,1H3. The van der Waals surface area contributed by atoms with Crippen molar-refractivity contribution in [2.24, 2.45) is 5.73 Å². The van der Waals surface area contributed by atoms with Crippen molar-refractivity contribution in [2.75, 3.05) is 36.5 Å². The highest BCUT2D eigenvalue weighted by molar-refractivity contribution is 5.98. The van der Waals surface area contributed by atoms with Crippen LogP contribution in [0.15, 0.2) is 12.1 Å². The molecule has 1 amide bonds. The van der Waals surface area contributed by atoms with Crippen LogP contribution in [0, 0.1) is 11.6 Å². The quantitative estimate of drug-likeness (QED) is 0.904. The number of nitrogens with zero attached hydrogens (tertiary/aromatic N) is 2. The first kappa shape index (κ1) is 13.7. The van der Waals surface area contributed by atoms with Crippen molar-refractivity contribution in [3.8, 4) is 0 Å². The Bertz CT molecular complexity index is 493. The molecule has 1 aromatic rings. The maximum atomic E-state index is 13.9. The van der Waals surface area contributed by atoms with Crippen molar-refractivity contribution in [3.05, 3.63) is 23.8 Å². The lowest BCUT2D eigenvalue weighted by Gasteiger charge is -2.25. The summed E-state index contributed by atoms with van der Waals surface area (Å²) in [7, 11) is 1.51. The molecule has 0 aromatic heterocycles. The summed E-state index contributed by atoms with van der Waals surface area (Å²) in [4.78, 5) is 14.9. The summed E-state index contributed by atoms with van der Waals surface area (Å²) in [6, 6.07) is 2.07. The normalized spacial score (nSPS) is 15.5. The highest BCUT2D eigenvalue weighted by Crippen LogP contribution is 2.35. The molecular formula is C13H17F2N3O. The van der Waals surface area contributed by atoms with Gasteiger partial charge in [0.25, 0.3) is 0 Å². The fourth-order valence-corrected chi connectivity index (χ4v) is 2.28. The second-order valence-corrected chi connectivity index (χ2v) is 4.59. The molecule has 0 radical (unpaired) electrons. The number of carbonyl (C=O) groups is 1. The third-order valence-electron chi connectivity index (χ3n) is 3.29. The minimum absolute atomic E-state index is 0.140. The van der Waals surface area contributed by atoms with Gasteiger partial charge in [0.2, 0.25) is 5.91 Å². The number of nitrogens with two attached hydrogens (primary N) is 1. The van der Waals surface area contributed by atoms with Crippen molar-refractivity contribution in [1.29, 1.82) is 0 Å². The summed E-state index contributed by atoms with van der Waals surface area (Å²) in [5.41, 5.74) is 6.02. The fourth-order valence-electron chi connectivity index (χ4n) is 2.28. The summed E-state index contributed by atoms with van der Waals surface area (Å²) in [6.07, 6.45) is 0.978. The molecule has 0 saturated carbocycles. The van der Waals surface area contributed by atoms with E-state index in [1.54, 1.807) is 0 Å². The van der Waals surface area contributed by atoms with E-state index in [1.165, 1.54) is 18.0 Å². The number of anilines is 2. The number of hydrogen-bond donors (Lipinski definition) is 1. The Hall–Kier alpha value is -1.69. The Morgan fingerprint density at radius 3 is 2.79 bits per heavy atom. The molecule has 2 rings (SSSR count). The van der Waals surface area contributed by atoms with Crippen LogP contribution in [0.25, 0.3) is 0 Å². The van der Waals surface area contributed by atoms with E-state index in [1.807, 2.05) is 4.90 Å². The lowest BCUT2D eigenvalue weighted by molar-refractivity contribution is -0.118. The van der Waals surface area contributed by atoms with Crippen LogP contribution < -0.4 is 15.5 Å². The largest absolute Gasteiger partial charge is 0.369 e. The van der Waals surface area contributed by atoms with Gasteiger partial charge in [-0.15, -0.1) is 0 Å². The molecule has 0 aliphatic carbocycles. The molecule has 0 atom stereocenters. The third kappa shape index (κ3) is 2.68. The van der Waals surface area contributed by atoms with Gasteiger partial charge in [0.15, 0.2) is 5.82 Å². The first-order chi connectivity index (χ1) is 9.04. The summed E-state index contributed by atoms with van der Waals surface area (Å²) in [5.74, 6) is -1.54. The molecule has 6 heteroatoms. The fraction of sp³-hybridized carbons (Fsp3) is 0.462. The van der Waals surface area contributed by atoms with Crippen molar-refractivity contribution in [2.45, 2.75) is 12.8 Å². The predicted molar refractivity (Wildman–Crippen MR) is 70.3 cm³/mol. The molecule has 1 heterocycles. The van der Waals surface area contributed by atoms with Crippen LogP contribution >= 0.6 is 0 Å². The van der Waals surface area contributed by atoms with Crippen LogP contribution in [-0.2, 0) is 4.79 Å². The van der Waals surface area contributed by atoms with Crippen molar-refractivity contribution in [3.63, 3.8) is 0 Å². The zero-order valence-corrected chi connectivity index (χ0v) is 10.8. The Balaban J connectivity index is 2.48. The number of benzene rings is 1. The summed E-state index contributed by atoms with van der Waals surface area (Å²) in [6.45, 7) is 1.51. The molecule has 0 saturated heterocycles. The molecule has 0 bridgehead atoms. The Morgan fingerprint density at radius 2 is 2.11 bits per heavy atom. The van der Waals surface area contributed by atoms with E-state index >= 15 is 0 Å². The van der Waals surface area contributed by atoms with Gasteiger partial charge in [0.1, 0.15) is 11.5 Å². The molecular weight excluding hydrogens is 252 g/mol. The van der Waals surface area contributed by atoms with Gasteiger partial charge in [-0.25, -0.2) is 8.78 Å². The molecule has 4 nitrogen and oxygen atoms in total. The lowest BCUT2D eigenvalue weighted by Crippen LogP contribution is -2.27. The van der Waals surface area contributed by atoms with E-state index in [9.17, 15) is 13.6 Å². The van der Waals surface area contributed by atoms with Gasteiger partial charge in [-0.05, 0) is 19.0 Å². The molecule has 1 aromatic carbocycles. The molecule has 0 spiro atoms. The van der Waals surface area contributed by atoms with Crippen LogP contribution in [0.3, 0.4) is 0 Å². The zero-order valence-electron chi connectivity index (χ0n) is 10.8. The SMILES string of the molecule is CN1C(=O)CCN(CCCN)c2cc(F)cc(F)c21. The van der Waals surface area contributed by atoms with E-state index in [4.69, 9.17) is 5.73 Å². The number of fused-ring (bicyclic) bond motifs is 1. The number of amides is 1. The summed E-state index contributed by atoms with van der Waals surface area (Å²) < 4.78 is 27.4. The highest BCUT2D eigenvalue weighted by atomic mass is 19.1. The number of rotatable bonds is 3. The first-order valence-electron chi connectivity index (χ1n) is 6.25. The lowest BCUT2D eigenvalue weighted by atomic mass is 10.2. The van der Waals surface area contributed by atoms with Gasteiger partial charge in [-0.3, -0.25) is 4.79 Å². The molecule has 1 aliphatic heterocycles. The molecule has 0 fully saturated rings. The van der Waals surface area contributed by atoms with Gasteiger partial charge < -0.3 is 15.5 Å². The molecule has 0 unspecified atom stereocenters. The Morgan fingerprint density at radius 1 is 1.37 bits per heavy atom. The zero-order chi connectivity index (χ0) is 14.0. The van der Waals surface area contributed by atoms with Crippen molar-refractivity contribution in [1.82, 2.24) is 0 Å². The van der Waals surface area contributed by atoms with Gasteiger partial charge in [-0.2, -0.15) is 0 Å². The molecule has 1 aliphatic rings. The van der Waals surface area contributed by atoms with Crippen LogP contribution in [0.4, 0.5) is 20.2 Å². The van der Waals surface area contributed by atoms with E-state index in [0.29, 0.717) is 31.7 Å². The first-order valence-corrected chi connectivity index (χ1v) is 6.25. The topological polar surface area (TPSA) is 49.6 Å². The van der Waals surface area contributed by atoms with Gasteiger partial charge in [-0.1, -0.05) is 0 Å². The smallest absolute Gasteiger partial charge is 0.228 e. The van der Waals surface area contributed by atoms with Crippen LogP contribution in [0.5, 0.6) is 0 Å². The van der Waals surface area contributed by atoms with Gasteiger partial charge in [0, 0.05) is 32.6 Å². The predicted octanol–water partition coefficient (Wildman–Crippen LogP) is 1.49. The Labute approximate surface area is 110 Å². The van der Waals surface area contributed by atoms with E-state index in [2.05, 4.69) is 0 Å². The van der Waals surface area contributed by atoms with E-state index < -0.39 is 11.6 Å². The van der Waals surface area contributed by atoms with Crippen LogP contribution in [-0.4, -0.2) is 32.6 Å². The van der Waals surface area contributed by atoms with Crippen LogP contribution in [0.2, 0.25) is 0 Å². The average molecular weight is 269 g/mol. The van der Waals surface area contributed by atoms with E-state index in [-0.39, 0.29) is 18.0 Å². The van der Waals surface area contributed by atoms with Gasteiger partial charge >= 0.3 is 0 Å². The summed E-state index contributed by atoms with van der Waals surface area (Å²) >= 11 is 0. The minimum Gasteiger partial charge on any atom is -0.369 e. The highest BCUT2D eigenvalue weighted by Gasteiger charge is 2.27. The number of halogens is 2. The number of carbonyl (C=O) groups excluding carboxylic acids is 1. The maximum absolute atomic E-state index is 13.9. The molecule has 19 heavy (non-hydrogen) atoms. The maximum Gasteiger partial charge on any atom is 0.228 e. The minimum atomic E-state index is -0.717. The third-order valence-corrected chi connectivity index (χ3v) is 3.29.